The number of rotatable bonds is 5. The Bertz CT molecular complexity index is 1200. The first-order valence-corrected chi connectivity index (χ1v) is 9.10. The van der Waals surface area contributed by atoms with E-state index in [4.69, 9.17) is 11.6 Å². The fourth-order valence-electron chi connectivity index (χ4n) is 3.18. The molecule has 0 saturated carbocycles. The standard InChI is InChI=1S/C21H15ClN4O3/c22-17-12-16(21(27)20-15(17)7-4-10-24-20)19(25-18-8-1-2-9-23-18)13-5-3-6-14(11-13)26(28)29/h1-12,19,27H,(H,23,25)/t19-/m1/s1. The van der Waals surface area contributed by atoms with E-state index in [1.54, 1.807) is 54.9 Å². The summed E-state index contributed by atoms with van der Waals surface area (Å²) < 4.78 is 0. The number of phenolic OH excluding ortho intramolecular Hbond substituents is 1. The molecule has 0 aliphatic rings. The summed E-state index contributed by atoms with van der Waals surface area (Å²) in [6.07, 6.45) is 3.19. The zero-order valence-electron chi connectivity index (χ0n) is 15.0. The molecule has 2 N–H and O–H groups in total. The maximum atomic E-state index is 11.3. The van der Waals surface area contributed by atoms with Crippen molar-refractivity contribution in [3.05, 3.63) is 99.3 Å². The van der Waals surface area contributed by atoms with Gasteiger partial charge in [-0.1, -0.05) is 29.8 Å². The number of non-ortho nitro benzene ring substituents is 1. The average molecular weight is 407 g/mol. The first-order valence-electron chi connectivity index (χ1n) is 8.72. The van der Waals surface area contributed by atoms with Gasteiger partial charge in [-0.25, -0.2) is 4.98 Å². The van der Waals surface area contributed by atoms with Gasteiger partial charge in [0.15, 0.2) is 0 Å². The van der Waals surface area contributed by atoms with Gasteiger partial charge in [-0.2, -0.15) is 0 Å². The highest BCUT2D eigenvalue weighted by Crippen LogP contribution is 2.40. The van der Waals surface area contributed by atoms with Crippen molar-refractivity contribution >= 4 is 34.0 Å². The molecule has 4 rings (SSSR count). The molecule has 0 radical (unpaired) electrons. The SMILES string of the molecule is O=[N+]([O-])c1cccc([C@@H](Nc2ccccn2)c2cc(Cl)c3cccnc3c2O)c1. The fourth-order valence-corrected chi connectivity index (χ4v) is 3.45. The van der Waals surface area contributed by atoms with Crippen molar-refractivity contribution in [2.45, 2.75) is 6.04 Å². The number of pyridine rings is 2. The van der Waals surface area contributed by atoms with E-state index in [0.29, 0.717) is 32.9 Å². The number of nitrogens with one attached hydrogen (secondary N) is 1. The maximum absolute atomic E-state index is 11.3. The Morgan fingerprint density at radius 2 is 1.86 bits per heavy atom. The van der Waals surface area contributed by atoms with E-state index in [2.05, 4.69) is 15.3 Å². The van der Waals surface area contributed by atoms with Crippen LogP contribution in [0.15, 0.2) is 73.1 Å². The molecule has 0 aliphatic heterocycles. The van der Waals surface area contributed by atoms with E-state index >= 15 is 0 Å². The molecular formula is C21H15ClN4O3. The molecule has 7 nitrogen and oxygen atoms in total. The molecule has 0 spiro atoms. The van der Waals surface area contributed by atoms with Gasteiger partial charge in [-0.3, -0.25) is 15.1 Å². The number of fused-ring (bicyclic) bond motifs is 1. The minimum atomic E-state index is -0.645. The first kappa shape index (κ1) is 18.6. The molecule has 4 aromatic rings. The van der Waals surface area contributed by atoms with Gasteiger partial charge < -0.3 is 10.4 Å². The number of nitro benzene ring substituents is 1. The van der Waals surface area contributed by atoms with Crippen LogP contribution in [0.1, 0.15) is 17.2 Å². The summed E-state index contributed by atoms with van der Waals surface area (Å²) in [7, 11) is 0. The lowest BCUT2D eigenvalue weighted by Crippen LogP contribution is -2.14. The smallest absolute Gasteiger partial charge is 0.269 e. The number of nitrogens with zero attached hydrogens (tertiary/aromatic N) is 3. The second kappa shape index (κ2) is 7.73. The molecule has 2 heterocycles. The summed E-state index contributed by atoms with van der Waals surface area (Å²) >= 11 is 6.45. The zero-order chi connectivity index (χ0) is 20.4. The molecule has 0 aliphatic carbocycles. The predicted molar refractivity (Wildman–Crippen MR) is 111 cm³/mol. The van der Waals surface area contributed by atoms with Crippen molar-refractivity contribution in [3.63, 3.8) is 0 Å². The summed E-state index contributed by atoms with van der Waals surface area (Å²) in [5, 5.41) is 26.5. The lowest BCUT2D eigenvalue weighted by atomic mass is 9.95. The number of aromatic hydroxyl groups is 1. The lowest BCUT2D eigenvalue weighted by molar-refractivity contribution is -0.384. The number of aromatic nitrogens is 2. The normalized spacial score (nSPS) is 11.9. The van der Waals surface area contributed by atoms with Gasteiger partial charge in [0.05, 0.1) is 16.0 Å². The molecule has 0 saturated heterocycles. The van der Waals surface area contributed by atoms with Crippen molar-refractivity contribution in [1.82, 2.24) is 9.97 Å². The predicted octanol–water partition coefficient (Wildman–Crippen LogP) is 5.10. The molecule has 0 fully saturated rings. The number of halogens is 1. The van der Waals surface area contributed by atoms with Gasteiger partial charge in [0.1, 0.15) is 17.1 Å². The number of anilines is 1. The molecule has 0 unspecified atom stereocenters. The van der Waals surface area contributed by atoms with Crippen LogP contribution in [-0.2, 0) is 0 Å². The van der Waals surface area contributed by atoms with E-state index in [1.165, 1.54) is 12.1 Å². The van der Waals surface area contributed by atoms with Crippen LogP contribution in [0.5, 0.6) is 5.75 Å². The van der Waals surface area contributed by atoms with Gasteiger partial charge in [0.25, 0.3) is 5.69 Å². The Kier molecular flexibility index (Phi) is 4.97. The molecule has 0 bridgehead atoms. The van der Waals surface area contributed by atoms with Gasteiger partial charge in [0.2, 0.25) is 0 Å². The summed E-state index contributed by atoms with van der Waals surface area (Å²) in [5.41, 5.74) is 1.31. The molecule has 144 valence electrons. The van der Waals surface area contributed by atoms with E-state index in [1.807, 2.05) is 6.07 Å². The number of phenols is 1. The lowest BCUT2D eigenvalue weighted by Gasteiger charge is -2.22. The Morgan fingerprint density at radius 1 is 1.03 bits per heavy atom. The summed E-state index contributed by atoms with van der Waals surface area (Å²) in [4.78, 5) is 19.3. The maximum Gasteiger partial charge on any atom is 0.269 e. The van der Waals surface area contributed by atoms with E-state index in [0.717, 1.165) is 0 Å². The fraction of sp³-hybridized carbons (Fsp3) is 0.0476. The van der Waals surface area contributed by atoms with Crippen LogP contribution in [0.3, 0.4) is 0 Å². The first-order chi connectivity index (χ1) is 14.0. The molecule has 2 aromatic heterocycles. The molecule has 2 aromatic carbocycles. The van der Waals surface area contributed by atoms with Gasteiger partial charge in [-0.15, -0.1) is 0 Å². The average Bonchev–Trinajstić information content (AvgIpc) is 2.75. The third-order valence-electron chi connectivity index (χ3n) is 4.53. The summed E-state index contributed by atoms with van der Waals surface area (Å²) in [5.74, 6) is 0.491. The summed E-state index contributed by atoms with van der Waals surface area (Å²) in [6, 6.07) is 16.1. The third-order valence-corrected chi connectivity index (χ3v) is 4.84. The highest BCUT2D eigenvalue weighted by atomic mass is 35.5. The monoisotopic (exact) mass is 406 g/mol. The minimum Gasteiger partial charge on any atom is -0.505 e. The Hall–Kier alpha value is -3.71. The van der Waals surface area contributed by atoms with Crippen LogP contribution in [0.4, 0.5) is 11.5 Å². The molecule has 0 amide bonds. The number of benzene rings is 2. The highest BCUT2D eigenvalue weighted by Gasteiger charge is 2.23. The Labute approximate surface area is 170 Å². The number of nitro groups is 1. The van der Waals surface area contributed by atoms with E-state index in [-0.39, 0.29) is 11.4 Å². The molecule has 29 heavy (non-hydrogen) atoms. The number of hydrogen-bond acceptors (Lipinski definition) is 6. The topological polar surface area (TPSA) is 101 Å². The zero-order valence-corrected chi connectivity index (χ0v) is 15.7. The van der Waals surface area contributed by atoms with Crippen LogP contribution in [0.2, 0.25) is 5.02 Å². The number of hydrogen-bond donors (Lipinski definition) is 2. The quantitative estimate of drug-likeness (QED) is 0.353. The van der Waals surface area contributed by atoms with Gasteiger partial charge in [-0.05, 0) is 35.9 Å². The van der Waals surface area contributed by atoms with E-state index in [9.17, 15) is 15.2 Å². The van der Waals surface area contributed by atoms with Crippen molar-refractivity contribution in [3.8, 4) is 5.75 Å². The van der Waals surface area contributed by atoms with Crippen LogP contribution in [-0.4, -0.2) is 20.0 Å². The van der Waals surface area contributed by atoms with Crippen LogP contribution >= 0.6 is 11.6 Å². The van der Waals surface area contributed by atoms with Crippen LogP contribution in [0, 0.1) is 10.1 Å². The van der Waals surface area contributed by atoms with Crippen molar-refractivity contribution in [2.24, 2.45) is 0 Å². The minimum absolute atomic E-state index is 0.0510. The van der Waals surface area contributed by atoms with Crippen molar-refractivity contribution < 1.29 is 10.0 Å². The highest BCUT2D eigenvalue weighted by molar-refractivity contribution is 6.35. The summed E-state index contributed by atoms with van der Waals surface area (Å²) in [6.45, 7) is 0. The molecule has 8 heteroatoms. The van der Waals surface area contributed by atoms with Crippen LogP contribution in [0.25, 0.3) is 10.9 Å². The molecule has 1 atom stereocenters. The van der Waals surface area contributed by atoms with Crippen LogP contribution < -0.4 is 5.32 Å². The second-order valence-electron chi connectivity index (χ2n) is 6.34. The Morgan fingerprint density at radius 3 is 2.62 bits per heavy atom. The third kappa shape index (κ3) is 3.68. The largest absolute Gasteiger partial charge is 0.505 e. The molecular weight excluding hydrogens is 392 g/mol. The van der Waals surface area contributed by atoms with Gasteiger partial charge in [0, 0.05) is 35.5 Å². The second-order valence-corrected chi connectivity index (χ2v) is 6.75. The van der Waals surface area contributed by atoms with E-state index < -0.39 is 11.0 Å². The van der Waals surface area contributed by atoms with Crippen molar-refractivity contribution in [1.29, 1.82) is 0 Å². The van der Waals surface area contributed by atoms with Crippen molar-refractivity contribution in [2.75, 3.05) is 5.32 Å². The van der Waals surface area contributed by atoms with Gasteiger partial charge >= 0.3 is 0 Å². The Balaban J connectivity index is 1.91.